The van der Waals surface area contributed by atoms with E-state index in [2.05, 4.69) is 4.90 Å². The number of piperazine rings is 1. The monoisotopic (exact) mass is 410 g/mol. The molecule has 1 aromatic rings. The van der Waals surface area contributed by atoms with Crippen molar-refractivity contribution in [2.45, 2.75) is 23.8 Å². The van der Waals surface area contributed by atoms with Crippen LogP contribution in [-0.2, 0) is 26.0 Å². The zero-order chi connectivity index (χ0) is 21.1. The summed E-state index contributed by atoms with van der Waals surface area (Å²) in [6, 6.07) is 6.12. The van der Waals surface area contributed by atoms with Crippen LogP contribution in [0.2, 0.25) is 0 Å². The van der Waals surface area contributed by atoms with E-state index in [1.165, 1.54) is 23.3 Å². The Kier molecular flexibility index (Phi) is 7.19. The van der Waals surface area contributed by atoms with Gasteiger partial charge in [0.1, 0.15) is 6.04 Å². The van der Waals surface area contributed by atoms with Gasteiger partial charge in [-0.1, -0.05) is 12.1 Å². The molecular formula is C19H30N4O4S. The maximum absolute atomic E-state index is 12.8. The molecule has 1 unspecified atom stereocenters. The summed E-state index contributed by atoms with van der Waals surface area (Å²) in [5.74, 6) is -0.128. The Morgan fingerprint density at radius 2 is 1.68 bits per heavy atom. The first-order chi connectivity index (χ1) is 13.0. The van der Waals surface area contributed by atoms with Gasteiger partial charge in [-0.05, 0) is 31.2 Å². The molecule has 1 atom stereocenters. The van der Waals surface area contributed by atoms with Gasteiger partial charge in [-0.2, -0.15) is 0 Å². The third-order valence-corrected chi connectivity index (χ3v) is 6.79. The first-order valence-electron chi connectivity index (χ1n) is 9.24. The second-order valence-corrected chi connectivity index (χ2v) is 9.68. The zero-order valence-electron chi connectivity index (χ0n) is 17.3. The number of likely N-dealkylation sites (N-methyl/N-ethyl adjacent to an activating group) is 2. The van der Waals surface area contributed by atoms with Crippen molar-refractivity contribution in [2.75, 3.05) is 54.9 Å². The maximum atomic E-state index is 12.8. The third-order valence-electron chi connectivity index (χ3n) is 4.96. The van der Waals surface area contributed by atoms with Crippen molar-refractivity contribution >= 4 is 21.8 Å². The van der Waals surface area contributed by atoms with E-state index in [9.17, 15) is 18.0 Å². The second kappa shape index (κ2) is 9.02. The predicted octanol–water partition coefficient (Wildman–Crippen LogP) is 0.100. The van der Waals surface area contributed by atoms with Crippen LogP contribution in [0.4, 0.5) is 0 Å². The van der Waals surface area contributed by atoms with Crippen LogP contribution < -0.4 is 0 Å². The molecule has 1 aliphatic heterocycles. The quantitative estimate of drug-likeness (QED) is 0.665. The molecule has 2 rings (SSSR count). The summed E-state index contributed by atoms with van der Waals surface area (Å²) >= 11 is 0. The number of benzene rings is 1. The van der Waals surface area contributed by atoms with Crippen LogP contribution in [0.15, 0.2) is 29.2 Å². The number of hydrogen-bond donors (Lipinski definition) is 0. The van der Waals surface area contributed by atoms with Crippen LogP contribution in [0.1, 0.15) is 12.0 Å². The molecule has 1 heterocycles. The molecule has 1 aromatic carbocycles. The van der Waals surface area contributed by atoms with E-state index < -0.39 is 16.1 Å². The van der Waals surface area contributed by atoms with Gasteiger partial charge in [0.2, 0.25) is 21.8 Å². The zero-order valence-corrected chi connectivity index (χ0v) is 18.1. The molecule has 28 heavy (non-hydrogen) atoms. The average Bonchev–Trinajstić information content (AvgIpc) is 2.65. The Hall–Kier alpha value is -1.97. The number of carbonyl (C=O) groups excluding carboxylic acids is 2. The molecule has 0 N–H and O–H groups in total. The van der Waals surface area contributed by atoms with Gasteiger partial charge in [0, 0.05) is 54.2 Å². The largest absolute Gasteiger partial charge is 0.347 e. The SMILES string of the molecule is CN1CCN(C(=O)CCc2ccc(S(=O)(=O)N(C)C)cc2)C(C(=O)N(C)C)C1. The summed E-state index contributed by atoms with van der Waals surface area (Å²) in [4.78, 5) is 30.7. The van der Waals surface area contributed by atoms with Crippen LogP contribution >= 0.6 is 0 Å². The maximum Gasteiger partial charge on any atom is 0.246 e. The highest BCUT2D eigenvalue weighted by Gasteiger charge is 2.34. The highest BCUT2D eigenvalue weighted by Crippen LogP contribution is 2.17. The number of rotatable bonds is 6. The molecule has 0 spiro atoms. The van der Waals surface area contributed by atoms with Crippen LogP contribution in [0.5, 0.6) is 0 Å². The molecule has 0 aliphatic carbocycles. The van der Waals surface area contributed by atoms with Crippen molar-refractivity contribution in [3.8, 4) is 0 Å². The molecule has 0 bridgehead atoms. The second-order valence-electron chi connectivity index (χ2n) is 7.53. The van der Waals surface area contributed by atoms with Crippen LogP contribution in [0.3, 0.4) is 0 Å². The van der Waals surface area contributed by atoms with E-state index in [0.717, 1.165) is 12.1 Å². The van der Waals surface area contributed by atoms with Crippen LogP contribution in [0, 0.1) is 0 Å². The molecule has 9 heteroatoms. The number of amides is 2. The Balaban J connectivity index is 2.03. The van der Waals surface area contributed by atoms with Gasteiger partial charge < -0.3 is 14.7 Å². The van der Waals surface area contributed by atoms with Crippen molar-refractivity contribution < 1.29 is 18.0 Å². The van der Waals surface area contributed by atoms with Gasteiger partial charge >= 0.3 is 0 Å². The summed E-state index contributed by atoms with van der Waals surface area (Å²) in [6.07, 6.45) is 0.775. The first kappa shape index (κ1) is 22.3. The highest BCUT2D eigenvalue weighted by atomic mass is 32.2. The molecule has 8 nitrogen and oxygen atoms in total. The van der Waals surface area contributed by atoms with Crippen LogP contribution in [0.25, 0.3) is 0 Å². The smallest absolute Gasteiger partial charge is 0.246 e. The molecule has 1 aliphatic rings. The molecule has 0 radical (unpaired) electrons. The Morgan fingerprint density at radius 1 is 1.07 bits per heavy atom. The van der Waals surface area contributed by atoms with Crippen molar-refractivity contribution in [3.63, 3.8) is 0 Å². The number of sulfonamides is 1. The van der Waals surface area contributed by atoms with Crippen molar-refractivity contribution in [3.05, 3.63) is 29.8 Å². The van der Waals surface area contributed by atoms with E-state index >= 15 is 0 Å². The minimum Gasteiger partial charge on any atom is -0.347 e. The van der Waals surface area contributed by atoms with Crippen LogP contribution in [-0.4, -0.2) is 100 Å². The molecule has 1 fully saturated rings. The number of aryl methyl sites for hydroxylation is 1. The lowest BCUT2D eigenvalue weighted by Gasteiger charge is -2.40. The van der Waals surface area contributed by atoms with Gasteiger partial charge in [-0.3, -0.25) is 9.59 Å². The molecule has 2 amide bonds. The van der Waals surface area contributed by atoms with E-state index in [1.807, 2.05) is 7.05 Å². The molecular weight excluding hydrogens is 380 g/mol. The van der Waals surface area contributed by atoms with Gasteiger partial charge in [-0.25, -0.2) is 12.7 Å². The molecule has 0 aromatic heterocycles. The summed E-state index contributed by atoms with van der Waals surface area (Å²) in [6.45, 7) is 1.79. The summed E-state index contributed by atoms with van der Waals surface area (Å²) in [5.41, 5.74) is 0.885. The van der Waals surface area contributed by atoms with Crippen molar-refractivity contribution in [2.24, 2.45) is 0 Å². The Labute approximate surface area is 167 Å². The van der Waals surface area contributed by atoms with Gasteiger partial charge in [0.25, 0.3) is 0 Å². The van der Waals surface area contributed by atoms with E-state index in [-0.39, 0.29) is 23.1 Å². The predicted molar refractivity (Wildman–Crippen MR) is 107 cm³/mol. The van der Waals surface area contributed by atoms with Crippen molar-refractivity contribution in [1.29, 1.82) is 0 Å². The van der Waals surface area contributed by atoms with E-state index in [1.54, 1.807) is 43.3 Å². The first-order valence-corrected chi connectivity index (χ1v) is 10.7. The lowest BCUT2D eigenvalue weighted by Crippen LogP contribution is -2.59. The standard InChI is InChI=1S/C19H30N4O4S/c1-20(2)19(25)17-14-22(5)12-13-23(17)18(24)11-8-15-6-9-16(10-7-15)28(26,27)21(3)4/h6-7,9-10,17H,8,11-14H2,1-5H3. The lowest BCUT2D eigenvalue weighted by molar-refractivity contribution is -0.147. The number of carbonyl (C=O) groups is 2. The van der Waals surface area contributed by atoms with Gasteiger partial charge in [0.05, 0.1) is 4.90 Å². The molecule has 1 saturated heterocycles. The van der Waals surface area contributed by atoms with Gasteiger partial charge in [-0.15, -0.1) is 0 Å². The summed E-state index contributed by atoms with van der Waals surface area (Å²) in [5, 5.41) is 0. The molecule has 0 saturated carbocycles. The summed E-state index contributed by atoms with van der Waals surface area (Å²) < 4.78 is 25.4. The number of hydrogen-bond acceptors (Lipinski definition) is 5. The fraction of sp³-hybridized carbons (Fsp3) is 0.579. The third kappa shape index (κ3) is 5.09. The lowest BCUT2D eigenvalue weighted by atomic mass is 10.1. The van der Waals surface area contributed by atoms with E-state index in [0.29, 0.717) is 19.5 Å². The molecule has 156 valence electrons. The Morgan fingerprint density at radius 3 is 2.21 bits per heavy atom. The topological polar surface area (TPSA) is 81.2 Å². The normalized spacial score (nSPS) is 18.4. The minimum atomic E-state index is -3.46. The summed E-state index contributed by atoms with van der Waals surface area (Å²) in [7, 11) is 4.86. The fourth-order valence-electron chi connectivity index (χ4n) is 3.16. The van der Waals surface area contributed by atoms with Gasteiger partial charge in [0.15, 0.2) is 0 Å². The fourth-order valence-corrected chi connectivity index (χ4v) is 4.06. The average molecular weight is 411 g/mol. The number of nitrogens with zero attached hydrogens (tertiary/aromatic N) is 4. The highest BCUT2D eigenvalue weighted by molar-refractivity contribution is 7.89. The van der Waals surface area contributed by atoms with E-state index in [4.69, 9.17) is 0 Å². The van der Waals surface area contributed by atoms with Crippen molar-refractivity contribution in [1.82, 2.24) is 19.0 Å². The minimum absolute atomic E-state index is 0.0571. The Bertz CT molecular complexity index is 806.